The summed E-state index contributed by atoms with van der Waals surface area (Å²) in [5.74, 6) is 0. The fourth-order valence-electron chi connectivity index (χ4n) is 2.02. The van der Waals surface area contributed by atoms with E-state index in [0.717, 1.165) is 18.8 Å². The Kier molecular flexibility index (Phi) is 4.42. The summed E-state index contributed by atoms with van der Waals surface area (Å²) in [7, 11) is 0. The summed E-state index contributed by atoms with van der Waals surface area (Å²) < 4.78 is 2.23. The Morgan fingerprint density at radius 2 is 2.05 bits per heavy atom. The number of hydrogen-bond acceptors (Lipinski definition) is 3. The quantitative estimate of drug-likeness (QED) is 0.907. The second kappa shape index (κ2) is 5.88. The number of nitrogens with zero attached hydrogens (tertiary/aromatic N) is 2. The van der Waals surface area contributed by atoms with E-state index in [0.29, 0.717) is 6.04 Å². The molecule has 0 amide bonds. The molecule has 0 aliphatic carbocycles. The van der Waals surface area contributed by atoms with Crippen LogP contribution in [-0.4, -0.2) is 15.6 Å². The van der Waals surface area contributed by atoms with Gasteiger partial charge in [-0.15, -0.1) is 11.3 Å². The Hall–Kier alpha value is -1.13. The number of nitrogens with one attached hydrogen (secondary N) is 1. The van der Waals surface area contributed by atoms with Crippen molar-refractivity contribution in [3.05, 3.63) is 39.1 Å². The molecule has 1 N–H and O–H groups in total. The van der Waals surface area contributed by atoms with E-state index in [1.165, 1.54) is 21.0 Å². The van der Waals surface area contributed by atoms with E-state index in [1.807, 2.05) is 17.7 Å². The molecule has 4 heteroatoms. The minimum absolute atomic E-state index is 0.532. The highest BCUT2D eigenvalue weighted by atomic mass is 32.1. The van der Waals surface area contributed by atoms with Crippen LogP contribution in [0, 0.1) is 20.8 Å². The Labute approximate surface area is 119 Å². The second-order valence-corrected chi connectivity index (χ2v) is 6.71. The summed E-state index contributed by atoms with van der Waals surface area (Å²) in [6.45, 7) is 12.6. The first-order valence-corrected chi connectivity index (χ1v) is 7.59. The average Bonchev–Trinajstić information content (AvgIpc) is 2.85. The molecule has 0 radical (unpaired) electrons. The number of aromatic nitrogens is 2. The van der Waals surface area contributed by atoms with Crippen molar-refractivity contribution in [1.82, 2.24) is 14.9 Å². The second-order valence-electron chi connectivity index (χ2n) is 5.37. The highest BCUT2D eigenvalue weighted by Crippen LogP contribution is 2.23. The average molecular weight is 277 g/mol. The highest BCUT2D eigenvalue weighted by molar-refractivity contribution is 7.12. The van der Waals surface area contributed by atoms with Crippen molar-refractivity contribution in [2.24, 2.45) is 0 Å². The van der Waals surface area contributed by atoms with Crippen LogP contribution in [0.5, 0.6) is 0 Å². The zero-order chi connectivity index (χ0) is 14.0. The first kappa shape index (κ1) is 14.3. The maximum Gasteiger partial charge on any atom is 0.0954 e. The van der Waals surface area contributed by atoms with Crippen LogP contribution in [0.15, 0.2) is 12.4 Å². The number of rotatable bonds is 5. The van der Waals surface area contributed by atoms with Crippen LogP contribution in [0.1, 0.15) is 40.6 Å². The molecule has 0 fully saturated rings. The Bertz CT molecular complexity index is 552. The van der Waals surface area contributed by atoms with Crippen LogP contribution in [0.4, 0.5) is 0 Å². The van der Waals surface area contributed by atoms with Gasteiger partial charge in [0.15, 0.2) is 0 Å². The van der Waals surface area contributed by atoms with Crippen LogP contribution < -0.4 is 5.32 Å². The lowest BCUT2D eigenvalue weighted by Crippen LogP contribution is -2.21. The summed E-state index contributed by atoms with van der Waals surface area (Å²) >= 11 is 1.89. The third-order valence-corrected chi connectivity index (χ3v) is 4.53. The van der Waals surface area contributed by atoms with Gasteiger partial charge in [-0.25, -0.2) is 4.98 Å². The van der Waals surface area contributed by atoms with Gasteiger partial charge in [-0.05, 0) is 32.4 Å². The molecule has 0 saturated carbocycles. The van der Waals surface area contributed by atoms with E-state index in [4.69, 9.17) is 0 Å². The molecule has 0 unspecified atom stereocenters. The third kappa shape index (κ3) is 3.45. The minimum atomic E-state index is 0.532. The molecule has 19 heavy (non-hydrogen) atoms. The Morgan fingerprint density at radius 3 is 2.63 bits per heavy atom. The Morgan fingerprint density at radius 1 is 1.32 bits per heavy atom. The summed E-state index contributed by atoms with van der Waals surface area (Å²) in [6, 6.07) is 2.86. The molecule has 2 heterocycles. The molecule has 3 nitrogen and oxygen atoms in total. The van der Waals surface area contributed by atoms with Gasteiger partial charge >= 0.3 is 0 Å². The molecule has 0 aliphatic heterocycles. The minimum Gasteiger partial charge on any atom is -0.330 e. The first-order valence-electron chi connectivity index (χ1n) is 6.77. The molecule has 0 spiro atoms. The summed E-state index contributed by atoms with van der Waals surface area (Å²) in [4.78, 5) is 7.18. The third-order valence-electron chi connectivity index (χ3n) is 3.44. The fourth-order valence-corrected chi connectivity index (χ4v) is 3.03. The summed E-state index contributed by atoms with van der Waals surface area (Å²) in [5.41, 5.74) is 3.79. The normalized spacial score (nSPS) is 11.5. The lowest BCUT2D eigenvalue weighted by Gasteiger charge is -2.05. The summed E-state index contributed by atoms with van der Waals surface area (Å²) in [6.07, 6.45) is 1.94. The van der Waals surface area contributed by atoms with E-state index in [1.54, 1.807) is 0 Å². The van der Waals surface area contributed by atoms with Gasteiger partial charge in [-0.2, -0.15) is 0 Å². The van der Waals surface area contributed by atoms with Gasteiger partial charge in [-0.3, -0.25) is 0 Å². The van der Waals surface area contributed by atoms with Gasteiger partial charge in [0.1, 0.15) is 0 Å². The van der Waals surface area contributed by atoms with Crippen molar-refractivity contribution in [2.75, 3.05) is 0 Å². The number of thiophene rings is 1. The van der Waals surface area contributed by atoms with Gasteiger partial charge in [0.2, 0.25) is 0 Å². The van der Waals surface area contributed by atoms with Gasteiger partial charge in [-0.1, -0.05) is 13.8 Å². The molecule has 2 aromatic rings. The molecule has 0 aromatic carbocycles. The van der Waals surface area contributed by atoms with E-state index in [9.17, 15) is 0 Å². The topological polar surface area (TPSA) is 29.9 Å². The standard InChI is InChI=1S/C15H23N3S/c1-10(2)16-7-15-6-14(13(5)19-15)8-18-9-17-11(3)12(18)4/h6,9-10,16H,7-8H2,1-5H3. The van der Waals surface area contributed by atoms with Crippen LogP contribution in [0.2, 0.25) is 0 Å². The molecule has 104 valence electrons. The number of aryl methyl sites for hydroxylation is 2. The van der Waals surface area contributed by atoms with Crippen LogP contribution in [0.25, 0.3) is 0 Å². The molecular weight excluding hydrogens is 254 g/mol. The predicted molar refractivity (Wildman–Crippen MR) is 81.8 cm³/mol. The fraction of sp³-hybridized carbons (Fsp3) is 0.533. The van der Waals surface area contributed by atoms with Gasteiger partial charge < -0.3 is 9.88 Å². The largest absolute Gasteiger partial charge is 0.330 e. The van der Waals surface area contributed by atoms with Crippen molar-refractivity contribution in [1.29, 1.82) is 0 Å². The zero-order valence-corrected chi connectivity index (χ0v) is 13.3. The van der Waals surface area contributed by atoms with Crippen LogP contribution in [0.3, 0.4) is 0 Å². The molecule has 2 aromatic heterocycles. The van der Waals surface area contributed by atoms with Crippen LogP contribution in [-0.2, 0) is 13.1 Å². The predicted octanol–water partition coefficient (Wildman–Crippen LogP) is 3.42. The number of hydrogen-bond donors (Lipinski definition) is 1. The van der Waals surface area contributed by atoms with E-state index >= 15 is 0 Å². The Balaban J connectivity index is 2.10. The molecule has 0 aliphatic rings. The molecular formula is C15H23N3S. The lowest BCUT2D eigenvalue weighted by atomic mass is 10.2. The van der Waals surface area contributed by atoms with Gasteiger partial charge in [0.05, 0.1) is 12.0 Å². The smallest absolute Gasteiger partial charge is 0.0954 e. The summed E-state index contributed by atoms with van der Waals surface area (Å²) in [5, 5.41) is 3.47. The van der Waals surface area contributed by atoms with Crippen molar-refractivity contribution >= 4 is 11.3 Å². The van der Waals surface area contributed by atoms with E-state index in [2.05, 4.69) is 55.6 Å². The molecule has 0 atom stereocenters. The van der Waals surface area contributed by atoms with Crippen molar-refractivity contribution in [3.8, 4) is 0 Å². The van der Waals surface area contributed by atoms with Gasteiger partial charge in [0, 0.05) is 34.6 Å². The lowest BCUT2D eigenvalue weighted by molar-refractivity contribution is 0.593. The highest BCUT2D eigenvalue weighted by Gasteiger charge is 2.09. The van der Waals surface area contributed by atoms with Crippen molar-refractivity contribution in [3.63, 3.8) is 0 Å². The monoisotopic (exact) mass is 277 g/mol. The molecule has 2 rings (SSSR count). The number of imidazole rings is 1. The molecule has 0 saturated heterocycles. The van der Waals surface area contributed by atoms with Crippen molar-refractivity contribution < 1.29 is 0 Å². The maximum atomic E-state index is 4.36. The maximum absolute atomic E-state index is 4.36. The van der Waals surface area contributed by atoms with E-state index in [-0.39, 0.29) is 0 Å². The SMILES string of the molecule is Cc1ncn(Cc2cc(CNC(C)C)sc2C)c1C. The van der Waals surface area contributed by atoms with Crippen LogP contribution >= 0.6 is 11.3 Å². The zero-order valence-electron chi connectivity index (χ0n) is 12.4. The first-order chi connectivity index (χ1) is 8.97. The van der Waals surface area contributed by atoms with Gasteiger partial charge in [0.25, 0.3) is 0 Å². The van der Waals surface area contributed by atoms with Crippen molar-refractivity contribution in [2.45, 2.75) is 53.8 Å². The molecule has 0 bridgehead atoms. The van der Waals surface area contributed by atoms with E-state index < -0.39 is 0 Å².